The van der Waals surface area contributed by atoms with Gasteiger partial charge >= 0.3 is 0 Å². The third-order valence-corrected chi connectivity index (χ3v) is 5.83. The summed E-state index contributed by atoms with van der Waals surface area (Å²) in [6.45, 7) is 4.98. The van der Waals surface area contributed by atoms with E-state index in [0.29, 0.717) is 38.3 Å². The number of carbonyl (C=O) groups excluding carboxylic acids is 1. The summed E-state index contributed by atoms with van der Waals surface area (Å²) in [7, 11) is -3.69. The van der Waals surface area contributed by atoms with E-state index in [1.54, 1.807) is 4.90 Å². The molecule has 0 spiro atoms. The van der Waals surface area contributed by atoms with Gasteiger partial charge in [-0.05, 0) is 49.4 Å². The summed E-state index contributed by atoms with van der Waals surface area (Å²) >= 11 is 0. The van der Waals surface area contributed by atoms with Crippen LogP contribution in [0, 0.1) is 11.7 Å². The summed E-state index contributed by atoms with van der Waals surface area (Å²) in [6.07, 6.45) is 1.69. The first-order valence-electron chi connectivity index (χ1n) is 8.51. The normalized spacial score (nSPS) is 17.0. The quantitative estimate of drug-likeness (QED) is 0.753. The van der Waals surface area contributed by atoms with Crippen LogP contribution in [0.5, 0.6) is 0 Å². The highest BCUT2D eigenvalue weighted by atomic mass is 35.5. The molecule has 0 saturated carbocycles. The highest BCUT2D eigenvalue weighted by Gasteiger charge is 2.29. The van der Waals surface area contributed by atoms with Crippen LogP contribution >= 0.6 is 12.4 Å². The third kappa shape index (κ3) is 6.19. The maximum Gasteiger partial charge on any atom is 0.240 e. The van der Waals surface area contributed by atoms with E-state index >= 15 is 0 Å². The number of rotatable bonds is 6. The number of halogens is 2. The lowest BCUT2D eigenvalue weighted by Crippen LogP contribution is -2.51. The predicted octanol–water partition coefficient (Wildman–Crippen LogP) is 1.89. The number of nitrogens with two attached hydrogens (primary N) is 1. The minimum atomic E-state index is -3.69. The minimum absolute atomic E-state index is 0. The molecule has 1 aliphatic heterocycles. The SMILES string of the molecule is CC(C)C[C@H](N)C(=O)N1CCC(NS(=O)(=O)c2ccc(F)cc2)CC1.Cl. The molecule has 3 N–H and O–H groups in total. The van der Waals surface area contributed by atoms with Gasteiger partial charge in [0.05, 0.1) is 10.9 Å². The standard InChI is InChI=1S/C17H26FN3O3S.ClH/c1-12(2)11-16(19)17(22)21-9-7-14(8-10-21)20-25(23,24)15-5-3-13(18)4-6-15;/h3-6,12,14,16,20H,7-11,19H2,1-2H3;1H/t16-;/m0./s1. The van der Waals surface area contributed by atoms with Gasteiger partial charge in [-0.2, -0.15) is 0 Å². The number of benzene rings is 1. The predicted molar refractivity (Wildman–Crippen MR) is 101 cm³/mol. The molecular weight excluding hydrogens is 381 g/mol. The average Bonchev–Trinajstić information content (AvgIpc) is 2.54. The van der Waals surface area contributed by atoms with Crippen LogP contribution in [0.2, 0.25) is 0 Å². The average molecular weight is 408 g/mol. The van der Waals surface area contributed by atoms with Gasteiger partial charge in [-0.25, -0.2) is 17.5 Å². The smallest absolute Gasteiger partial charge is 0.240 e. The van der Waals surface area contributed by atoms with Crippen LogP contribution in [-0.4, -0.2) is 44.4 Å². The third-order valence-electron chi connectivity index (χ3n) is 4.29. The number of hydrogen-bond donors (Lipinski definition) is 2. The molecule has 1 saturated heterocycles. The summed E-state index contributed by atoms with van der Waals surface area (Å²) in [4.78, 5) is 14.0. The summed E-state index contributed by atoms with van der Waals surface area (Å²) in [5.41, 5.74) is 5.94. The van der Waals surface area contributed by atoms with Crippen molar-refractivity contribution in [2.45, 2.75) is 50.1 Å². The van der Waals surface area contributed by atoms with Gasteiger partial charge in [0.25, 0.3) is 0 Å². The summed E-state index contributed by atoms with van der Waals surface area (Å²) in [6, 6.07) is 3.95. The van der Waals surface area contributed by atoms with Crippen molar-refractivity contribution < 1.29 is 17.6 Å². The molecule has 0 aliphatic carbocycles. The summed E-state index contributed by atoms with van der Waals surface area (Å²) < 4.78 is 40.2. The van der Waals surface area contributed by atoms with Gasteiger partial charge in [0, 0.05) is 19.1 Å². The molecule has 9 heteroatoms. The van der Waals surface area contributed by atoms with Crippen LogP contribution < -0.4 is 10.5 Å². The zero-order chi connectivity index (χ0) is 18.6. The molecule has 1 aromatic carbocycles. The number of nitrogens with one attached hydrogen (secondary N) is 1. The van der Waals surface area contributed by atoms with Gasteiger partial charge < -0.3 is 10.6 Å². The number of sulfonamides is 1. The van der Waals surface area contributed by atoms with E-state index in [1.165, 1.54) is 12.1 Å². The molecule has 148 valence electrons. The molecular formula is C17H27ClFN3O3S. The maximum absolute atomic E-state index is 12.9. The Hall–Kier alpha value is -1.22. The number of hydrogen-bond acceptors (Lipinski definition) is 4. The van der Waals surface area contributed by atoms with Crippen molar-refractivity contribution in [1.82, 2.24) is 9.62 Å². The Morgan fingerprint density at radius 2 is 1.81 bits per heavy atom. The van der Waals surface area contributed by atoms with Crippen molar-refractivity contribution >= 4 is 28.3 Å². The van der Waals surface area contributed by atoms with E-state index in [1.807, 2.05) is 13.8 Å². The fourth-order valence-corrected chi connectivity index (χ4v) is 4.27. The molecule has 1 atom stereocenters. The minimum Gasteiger partial charge on any atom is -0.341 e. The molecule has 1 amide bonds. The second-order valence-electron chi connectivity index (χ2n) is 6.91. The molecule has 26 heavy (non-hydrogen) atoms. The molecule has 1 aromatic rings. The highest BCUT2D eigenvalue weighted by molar-refractivity contribution is 7.89. The second-order valence-corrected chi connectivity index (χ2v) is 8.62. The van der Waals surface area contributed by atoms with Gasteiger partial charge in [0.1, 0.15) is 5.82 Å². The molecule has 6 nitrogen and oxygen atoms in total. The number of carbonyl (C=O) groups is 1. The van der Waals surface area contributed by atoms with Gasteiger partial charge in [0.15, 0.2) is 0 Å². The van der Waals surface area contributed by atoms with Gasteiger partial charge in [-0.15, -0.1) is 12.4 Å². The number of amides is 1. The lowest BCUT2D eigenvalue weighted by molar-refractivity contribution is -0.134. The molecule has 1 aliphatic rings. The monoisotopic (exact) mass is 407 g/mol. The van der Waals surface area contributed by atoms with Crippen LogP contribution in [-0.2, 0) is 14.8 Å². The Kier molecular flexibility index (Phi) is 8.46. The number of piperidine rings is 1. The molecule has 1 fully saturated rings. The van der Waals surface area contributed by atoms with Crippen LogP contribution in [0.3, 0.4) is 0 Å². The van der Waals surface area contributed by atoms with Crippen molar-refractivity contribution in [2.75, 3.05) is 13.1 Å². The van der Waals surface area contributed by atoms with E-state index < -0.39 is 21.9 Å². The molecule has 0 bridgehead atoms. The Bertz CT molecular complexity index is 690. The molecule has 0 unspecified atom stereocenters. The van der Waals surface area contributed by atoms with E-state index in [9.17, 15) is 17.6 Å². The fourth-order valence-electron chi connectivity index (χ4n) is 2.96. The zero-order valence-corrected chi connectivity index (χ0v) is 16.7. The molecule has 0 aromatic heterocycles. The fraction of sp³-hybridized carbons (Fsp3) is 0.588. The highest BCUT2D eigenvalue weighted by Crippen LogP contribution is 2.17. The van der Waals surface area contributed by atoms with Gasteiger partial charge in [-0.1, -0.05) is 13.8 Å². The van der Waals surface area contributed by atoms with Gasteiger partial charge in [-0.3, -0.25) is 4.79 Å². The first-order valence-corrected chi connectivity index (χ1v) is 9.99. The van der Waals surface area contributed by atoms with Crippen LogP contribution in [0.25, 0.3) is 0 Å². The van der Waals surface area contributed by atoms with E-state index in [2.05, 4.69) is 4.72 Å². The topological polar surface area (TPSA) is 92.5 Å². The van der Waals surface area contributed by atoms with Crippen LogP contribution in [0.4, 0.5) is 4.39 Å². The van der Waals surface area contributed by atoms with E-state index in [-0.39, 0.29) is 29.3 Å². The van der Waals surface area contributed by atoms with Crippen molar-refractivity contribution in [3.63, 3.8) is 0 Å². The largest absolute Gasteiger partial charge is 0.341 e. The van der Waals surface area contributed by atoms with Crippen molar-refractivity contribution in [3.8, 4) is 0 Å². The maximum atomic E-state index is 12.9. The molecule has 2 rings (SSSR count). The Morgan fingerprint density at radius 3 is 2.31 bits per heavy atom. The summed E-state index contributed by atoms with van der Waals surface area (Å²) in [5, 5.41) is 0. The van der Waals surface area contributed by atoms with Crippen molar-refractivity contribution in [3.05, 3.63) is 30.1 Å². The second kappa shape index (κ2) is 9.64. The lowest BCUT2D eigenvalue weighted by atomic mass is 10.0. The Morgan fingerprint density at radius 1 is 1.27 bits per heavy atom. The number of nitrogens with zero attached hydrogens (tertiary/aromatic N) is 1. The van der Waals surface area contributed by atoms with Crippen molar-refractivity contribution in [2.24, 2.45) is 11.7 Å². The first kappa shape index (κ1) is 22.8. The molecule has 0 radical (unpaired) electrons. The van der Waals surface area contributed by atoms with Gasteiger partial charge in [0.2, 0.25) is 15.9 Å². The first-order chi connectivity index (χ1) is 11.7. The van der Waals surface area contributed by atoms with Crippen molar-refractivity contribution in [1.29, 1.82) is 0 Å². The lowest BCUT2D eigenvalue weighted by Gasteiger charge is -2.34. The summed E-state index contributed by atoms with van der Waals surface area (Å²) in [5.74, 6) is -0.212. The molecule has 1 heterocycles. The number of likely N-dealkylation sites (tertiary alicyclic amines) is 1. The van der Waals surface area contributed by atoms with Crippen LogP contribution in [0.1, 0.15) is 33.1 Å². The van der Waals surface area contributed by atoms with E-state index in [4.69, 9.17) is 5.73 Å². The Balaban J connectivity index is 0.00000338. The van der Waals surface area contributed by atoms with E-state index in [0.717, 1.165) is 12.1 Å². The van der Waals surface area contributed by atoms with Crippen LogP contribution in [0.15, 0.2) is 29.2 Å². The Labute approximate surface area is 160 Å². The zero-order valence-electron chi connectivity index (χ0n) is 15.0.